The van der Waals surface area contributed by atoms with Gasteiger partial charge in [0, 0.05) is 30.6 Å². The Labute approximate surface area is 161 Å². The molecule has 0 unspecified atom stereocenters. The maximum Gasteiger partial charge on any atom is 0.269 e. The Hall–Kier alpha value is -2.55. The van der Waals surface area contributed by atoms with Crippen LogP contribution in [0.2, 0.25) is 0 Å². The molecule has 1 saturated heterocycles. The highest BCUT2D eigenvalue weighted by Crippen LogP contribution is 2.18. The second-order valence-electron chi connectivity index (χ2n) is 6.68. The lowest BCUT2D eigenvalue weighted by atomic mass is 10.0. The van der Waals surface area contributed by atoms with Crippen LogP contribution in [0, 0.1) is 0 Å². The van der Waals surface area contributed by atoms with Gasteiger partial charge in [0.05, 0.1) is 29.0 Å². The van der Waals surface area contributed by atoms with Crippen LogP contribution in [-0.2, 0) is 6.54 Å². The summed E-state index contributed by atoms with van der Waals surface area (Å²) in [5.74, 6) is -0.248. The minimum Gasteiger partial charge on any atom is -0.390 e. The van der Waals surface area contributed by atoms with Crippen LogP contribution in [0.4, 0.5) is 0 Å². The van der Waals surface area contributed by atoms with Crippen LogP contribution < -0.4 is 5.32 Å². The second kappa shape index (κ2) is 7.99. The van der Waals surface area contributed by atoms with E-state index >= 15 is 0 Å². The van der Waals surface area contributed by atoms with Crippen LogP contribution in [0.5, 0.6) is 0 Å². The molecule has 4 rings (SSSR count). The molecule has 0 spiro atoms. The fourth-order valence-corrected chi connectivity index (χ4v) is 3.84. The number of β-amino-alcohol motifs (C(OH)–C–C–N with tert-alkyl or cyclic N) is 1. The molecule has 1 aromatic carbocycles. The number of aliphatic hydroxyl groups is 1. The van der Waals surface area contributed by atoms with Gasteiger partial charge in [0.1, 0.15) is 5.69 Å². The summed E-state index contributed by atoms with van der Waals surface area (Å²) in [5.41, 5.74) is 4.89. The Morgan fingerprint density at radius 1 is 1.37 bits per heavy atom. The Bertz CT molecular complexity index is 881. The molecule has 8 heteroatoms. The second-order valence-corrected chi connectivity index (χ2v) is 7.40. The third-order valence-electron chi connectivity index (χ3n) is 4.74. The number of aromatic nitrogens is 3. The van der Waals surface area contributed by atoms with E-state index in [-0.39, 0.29) is 11.9 Å². The van der Waals surface area contributed by atoms with E-state index in [1.165, 1.54) is 0 Å². The number of amides is 1. The number of nitrogens with zero attached hydrogens (tertiary/aromatic N) is 3. The molecule has 27 heavy (non-hydrogen) atoms. The Morgan fingerprint density at radius 2 is 2.22 bits per heavy atom. The van der Waals surface area contributed by atoms with Crippen molar-refractivity contribution in [1.29, 1.82) is 0 Å². The van der Waals surface area contributed by atoms with Crippen LogP contribution >= 0.6 is 11.3 Å². The third-order valence-corrected chi connectivity index (χ3v) is 5.38. The van der Waals surface area contributed by atoms with Gasteiger partial charge < -0.3 is 10.4 Å². The van der Waals surface area contributed by atoms with Crippen molar-refractivity contribution in [1.82, 2.24) is 25.4 Å². The number of carbonyl (C=O) groups excluding carboxylic acids is 1. The van der Waals surface area contributed by atoms with Gasteiger partial charge in [0.15, 0.2) is 0 Å². The van der Waals surface area contributed by atoms with Crippen molar-refractivity contribution >= 4 is 17.2 Å². The fourth-order valence-electron chi connectivity index (χ4n) is 3.29. The van der Waals surface area contributed by atoms with E-state index in [2.05, 4.69) is 25.4 Å². The molecule has 0 saturated carbocycles. The quantitative estimate of drug-likeness (QED) is 0.626. The standard InChI is InChI=1S/C19H21N5O2S/c25-18-10-24(9-14-11-27-12-20-14)7-6-15(18)21-19(26)17-8-16(22-23-17)13-4-2-1-3-5-13/h1-5,8,11-12,15,18,25H,6-7,9-10H2,(H,21,26)(H,22,23)/t15-,18-/m1/s1. The number of aromatic amines is 1. The number of hydrogen-bond acceptors (Lipinski definition) is 6. The van der Waals surface area contributed by atoms with Crippen LogP contribution in [0.25, 0.3) is 11.3 Å². The number of H-pyrrole nitrogens is 1. The molecule has 140 valence electrons. The fraction of sp³-hybridized carbons (Fsp3) is 0.316. The zero-order chi connectivity index (χ0) is 18.6. The number of likely N-dealkylation sites (tertiary alicyclic amines) is 1. The summed E-state index contributed by atoms with van der Waals surface area (Å²) in [6.45, 7) is 2.04. The normalized spacial score (nSPS) is 20.5. The first-order valence-corrected chi connectivity index (χ1v) is 9.82. The first-order valence-electron chi connectivity index (χ1n) is 8.88. The van der Waals surface area contributed by atoms with Gasteiger partial charge in [-0.2, -0.15) is 5.10 Å². The van der Waals surface area contributed by atoms with E-state index < -0.39 is 6.10 Å². The predicted octanol–water partition coefficient (Wildman–Crippen LogP) is 1.90. The van der Waals surface area contributed by atoms with E-state index in [9.17, 15) is 9.90 Å². The van der Waals surface area contributed by atoms with Crippen molar-refractivity contribution in [3.05, 3.63) is 58.7 Å². The van der Waals surface area contributed by atoms with E-state index in [1.807, 2.05) is 41.2 Å². The van der Waals surface area contributed by atoms with Gasteiger partial charge in [-0.3, -0.25) is 14.8 Å². The molecular formula is C19H21N5O2S. The van der Waals surface area contributed by atoms with Gasteiger partial charge in [-0.15, -0.1) is 11.3 Å². The number of rotatable bonds is 5. The minimum absolute atomic E-state index is 0.248. The van der Waals surface area contributed by atoms with Crippen molar-refractivity contribution in [3.63, 3.8) is 0 Å². The molecule has 3 aromatic rings. The van der Waals surface area contributed by atoms with Gasteiger partial charge in [0.25, 0.3) is 5.91 Å². The lowest BCUT2D eigenvalue weighted by Gasteiger charge is -2.35. The highest BCUT2D eigenvalue weighted by Gasteiger charge is 2.29. The average Bonchev–Trinajstić information content (AvgIpc) is 3.37. The van der Waals surface area contributed by atoms with Crippen LogP contribution in [0.3, 0.4) is 0 Å². The highest BCUT2D eigenvalue weighted by atomic mass is 32.1. The first kappa shape index (κ1) is 17.8. The van der Waals surface area contributed by atoms with E-state index in [4.69, 9.17) is 0 Å². The summed E-state index contributed by atoms with van der Waals surface area (Å²) in [6.07, 6.45) is 0.0781. The minimum atomic E-state index is -0.613. The number of nitrogens with one attached hydrogen (secondary N) is 2. The maximum atomic E-state index is 12.5. The molecule has 2 atom stereocenters. The molecule has 1 aliphatic heterocycles. The highest BCUT2D eigenvalue weighted by molar-refractivity contribution is 7.07. The van der Waals surface area contributed by atoms with E-state index in [0.29, 0.717) is 18.7 Å². The zero-order valence-corrected chi connectivity index (χ0v) is 15.5. The SMILES string of the molecule is O=C(N[C@@H]1CCN(Cc2cscn2)C[C@H]1O)c1cc(-c2ccccc2)n[nH]1. The summed E-state index contributed by atoms with van der Waals surface area (Å²) in [4.78, 5) is 19.0. The maximum absolute atomic E-state index is 12.5. The summed E-state index contributed by atoms with van der Waals surface area (Å²) < 4.78 is 0. The summed E-state index contributed by atoms with van der Waals surface area (Å²) in [7, 11) is 0. The average molecular weight is 383 g/mol. The first-order chi connectivity index (χ1) is 13.2. The molecule has 2 aromatic heterocycles. The van der Waals surface area contributed by atoms with E-state index in [1.54, 1.807) is 17.4 Å². The smallest absolute Gasteiger partial charge is 0.269 e. The molecule has 0 radical (unpaired) electrons. The Kier molecular flexibility index (Phi) is 5.28. The number of piperidine rings is 1. The molecule has 0 bridgehead atoms. The van der Waals surface area contributed by atoms with E-state index in [0.717, 1.165) is 30.0 Å². The predicted molar refractivity (Wildman–Crippen MR) is 103 cm³/mol. The molecule has 1 aliphatic rings. The van der Waals surface area contributed by atoms with Gasteiger partial charge in [0.2, 0.25) is 0 Å². The lowest BCUT2D eigenvalue weighted by molar-refractivity contribution is 0.0345. The number of aliphatic hydroxyl groups excluding tert-OH is 1. The van der Waals surface area contributed by atoms with Crippen molar-refractivity contribution in [3.8, 4) is 11.3 Å². The molecular weight excluding hydrogens is 362 g/mol. The lowest BCUT2D eigenvalue weighted by Crippen LogP contribution is -2.53. The van der Waals surface area contributed by atoms with Crippen LogP contribution in [0.1, 0.15) is 22.6 Å². The molecule has 1 fully saturated rings. The molecule has 7 nitrogen and oxygen atoms in total. The monoisotopic (exact) mass is 383 g/mol. The zero-order valence-electron chi connectivity index (χ0n) is 14.7. The van der Waals surface area contributed by atoms with Crippen molar-refractivity contribution < 1.29 is 9.90 Å². The molecule has 1 amide bonds. The number of carbonyl (C=O) groups is 1. The van der Waals surface area contributed by atoms with Crippen molar-refractivity contribution in [2.24, 2.45) is 0 Å². The van der Waals surface area contributed by atoms with Gasteiger partial charge in [-0.25, -0.2) is 4.98 Å². The van der Waals surface area contributed by atoms with Crippen LogP contribution in [-0.4, -0.2) is 56.3 Å². The van der Waals surface area contributed by atoms with Crippen molar-refractivity contribution in [2.45, 2.75) is 25.1 Å². The topological polar surface area (TPSA) is 94.1 Å². The Morgan fingerprint density at radius 3 is 2.96 bits per heavy atom. The third kappa shape index (κ3) is 4.24. The number of thiazole rings is 1. The van der Waals surface area contributed by atoms with Gasteiger partial charge in [-0.05, 0) is 12.5 Å². The number of benzene rings is 1. The summed E-state index contributed by atoms with van der Waals surface area (Å²) >= 11 is 1.57. The van der Waals surface area contributed by atoms with Gasteiger partial charge >= 0.3 is 0 Å². The summed E-state index contributed by atoms with van der Waals surface area (Å²) in [5, 5.41) is 22.4. The largest absolute Gasteiger partial charge is 0.390 e. The number of hydrogen-bond donors (Lipinski definition) is 3. The van der Waals surface area contributed by atoms with Crippen LogP contribution in [0.15, 0.2) is 47.3 Å². The Balaban J connectivity index is 1.34. The van der Waals surface area contributed by atoms with Crippen molar-refractivity contribution in [2.75, 3.05) is 13.1 Å². The van der Waals surface area contributed by atoms with Gasteiger partial charge in [-0.1, -0.05) is 30.3 Å². The molecule has 3 N–H and O–H groups in total. The molecule has 3 heterocycles. The molecule has 0 aliphatic carbocycles. The summed E-state index contributed by atoms with van der Waals surface area (Å²) in [6, 6.07) is 11.1.